The molecule has 2 rings (SSSR count). The first-order chi connectivity index (χ1) is 9.91. The van der Waals surface area contributed by atoms with E-state index in [1.807, 2.05) is 0 Å². The van der Waals surface area contributed by atoms with E-state index in [0.717, 1.165) is 4.90 Å². The number of benzene rings is 2. The standard InChI is InChI=1S/C15H12ClNO4/c1-17(12-5-3-2-4-10(12)15(20)21)14(19)11-8-9(16)6-7-13(11)18/h2-8,18H,1H3,(H,20,21). The van der Waals surface area contributed by atoms with Gasteiger partial charge in [-0.25, -0.2) is 4.79 Å². The van der Waals surface area contributed by atoms with Gasteiger partial charge in [0.2, 0.25) is 0 Å². The Hall–Kier alpha value is -2.53. The van der Waals surface area contributed by atoms with Crippen molar-refractivity contribution in [1.29, 1.82) is 0 Å². The monoisotopic (exact) mass is 305 g/mol. The maximum Gasteiger partial charge on any atom is 0.337 e. The molecule has 0 bridgehead atoms. The van der Waals surface area contributed by atoms with E-state index < -0.39 is 11.9 Å². The van der Waals surface area contributed by atoms with Crippen LogP contribution < -0.4 is 4.90 Å². The topological polar surface area (TPSA) is 77.8 Å². The number of hydrogen-bond acceptors (Lipinski definition) is 3. The molecule has 0 aliphatic carbocycles. The molecule has 0 saturated heterocycles. The van der Waals surface area contributed by atoms with E-state index in [1.54, 1.807) is 12.1 Å². The Labute approximate surface area is 126 Å². The van der Waals surface area contributed by atoms with Gasteiger partial charge < -0.3 is 15.1 Å². The van der Waals surface area contributed by atoms with Gasteiger partial charge in [-0.2, -0.15) is 0 Å². The molecule has 0 atom stereocenters. The Morgan fingerprint density at radius 2 is 1.76 bits per heavy atom. The minimum absolute atomic E-state index is 0.00475. The molecule has 0 saturated carbocycles. The predicted octanol–water partition coefficient (Wildman–Crippen LogP) is 3.02. The molecule has 0 aromatic heterocycles. The summed E-state index contributed by atoms with van der Waals surface area (Å²) >= 11 is 5.82. The molecule has 0 spiro atoms. The fraction of sp³-hybridized carbons (Fsp3) is 0.0667. The Bertz CT molecular complexity index is 715. The van der Waals surface area contributed by atoms with Crippen LogP contribution in [0, 0.1) is 0 Å². The molecule has 21 heavy (non-hydrogen) atoms. The number of aromatic hydroxyl groups is 1. The van der Waals surface area contributed by atoms with Crippen molar-refractivity contribution in [1.82, 2.24) is 0 Å². The number of carbonyl (C=O) groups excluding carboxylic acids is 1. The van der Waals surface area contributed by atoms with Crippen molar-refractivity contribution in [3.05, 3.63) is 58.6 Å². The molecule has 0 aliphatic rings. The van der Waals surface area contributed by atoms with Crippen LogP contribution >= 0.6 is 11.6 Å². The molecule has 0 fully saturated rings. The average molecular weight is 306 g/mol. The van der Waals surface area contributed by atoms with E-state index in [4.69, 9.17) is 16.7 Å². The van der Waals surface area contributed by atoms with Gasteiger partial charge in [-0.1, -0.05) is 23.7 Å². The molecule has 0 aliphatic heterocycles. The first-order valence-electron chi connectivity index (χ1n) is 6.00. The normalized spacial score (nSPS) is 10.2. The van der Waals surface area contributed by atoms with E-state index in [1.165, 1.54) is 37.4 Å². The largest absolute Gasteiger partial charge is 0.507 e. The van der Waals surface area contributed by atoms with E-state index in [2.05, 4.69) is 0 Å². The van der Waals surface area contributed by atoms with E-state index >= 15 is 0 Å². The van der Waals surface area contributed by atoms with Crippen molar-refractivity contribution in [3.8, 4) is 5.75 Å². The zero-order chi connectivity index (χ0) is 15.6. The molecule has 108 valence electrons. The number of amides is 1. The number of phenols is 1. The third-order valence-electron chi connectivity index (χ3n) is 2.99. The van der Waals surface area contributed by atoms with Crippen LogP contribution in [0.25, 0.3) is 0 Å². The number of hydrogen-bond donors (Lipinski definition) is 2. The first kappa shape index (κ1) is 14.9. The van der Waals surface area contributed by atoms with Crippen molar-refractivity contribution < 1.29 is 19.8 Å². The molecule has 0 heterocycles. The lowest BCUT2D eigenvalue weighted by Crippen LogP contribution is -2.28. The Kier molecular flexibility index (Phi) is 4.14. The number of halogens is 1. The number of para-hydroxylation sites is 1. The van der Waals surface area contributed by atoms with Crippen LogP contribution in [0.4, 0.5) is 5.69 Å². The Morgan fingerprint density at radius 1 is 1.10 bits per heavy atom. The van der Waals surface area contributed by atoms with Crippen LogP contribution in [-0.2, 0) is 0 Å². The summed E-state index contributed by atoms with van der Waals surface area (Å²) in [6.07, 6.45) is 0. The summed E-state index contributed by atoms with van der Waals surface area (Å²) in [5.74, 6) is -1.91. The van der Waals surface area contributed by atoms with Crippen LogP contribution in [-0.4, -0.2) is 29.1 Å². The number of carboxylic acid groups (broad SMARTS) is 1. The van der Waals surface area contributed by atoms with Crippen LogP contribution in [0.5, 0.6) is 5.75 Å². The third kappa shape index (κ3) is 2.98. The highest BCUT2D eigenvalue weighted by Gasteiger charge is 2.21. The summed E-state index contributed by atoms with van der Waals surface area (Å²) in [5, 5.41) is 19.2. The summed E-state index contributed by atoms with van der Waals surface area (Å²) in [5.41, 5.74) is 0.231. The highest BCUT2D eigenvalue weighted by Crippen LogP contribution is 2.26. The molecule has 1 amide bonds. The van der Waals surface area contributed by atoms with Crippen molar-refractivity contribution >= 4 is 29.2 Å². The quantitative estimate of drug-likeness (QED) is 0.913. The van der Waals surface area contributed by atoms with Gasteiger partial charge in [0.05, 0.1) is 16.8 Å². The third-order valence-corrected chi connectivity index (χ3v) is 3.22. The average Bonchev–Trinajstić information content (AvgIpc) is 2.48. The molecule has 2 N–H and O–H groups in total. The molecule has 2 aromatic carbocycles. The van der Waals surface area contributed by atoms with Gasteiger partial charge in [0.15, 0.2) is 0 Å². The molecule has 0 unspecified atom stereocenters. The fourth-order valence-corrected chi connectivity index (χ4v) is 2.09. The minimum Gasteiger partial charge on any atom is -0.507 e. The summed E-state index contributed by atoms with van der Waals surface area (Å²) in [6, 6.07) is 10.2. The summed E-state index contributed by atoms with van der Waals surface area (Å²) in [4.78, 5) is 24.8. The molecule has 6 heteroatoms. The zero-order valence-electron chi connectivity index (χ0n) is 11.1. The van der Waals surface area contributed by atoms with Gasteiger partial charge in [-0.05, 0) is 30.3 Å². The van der Waals surface area contributed by atoms with E-state index in [0.29, 0.717) is 5.02 Å². The lowest BCUT2D eigenvalue weighted by atomic mass is 10.1. The van der Waals surface area contributed by atoms with Gasteiger partial charge in [-0.15, -0.1) is 0 Å². The van der Waals surface area contributed by atoms with Crippen molar-refractivity contribution in [3.63, 3.8) is 0 Å². The second-order valence-corrected chi connectivity index (χ2v) is 4.78. The van der Waals surface area contributed by atoms with Gasteiger partial charge in [0, 0.05) is 12.1 Å². The van der Waals surface area contributed by atoms with Crippen LogP contribution in [0.3, 0.4) is 0 Å². The number of rotatable bonds is 3. The van der Waals surface area contributed by atoms with Crippen LogP contribution in [0.15, 0.2) is 42.5 Å². The molecular formula is C15H12ClNO4. The highest BCUT2D eigenvalue weighted by molar-refractivity contribution is 6.31. The van der Waals surface area contributed by atoms with Crippen molar-refractivity contribution in [2.75, 3.05) is 11.9 Å². The number of carbonyl (C=O) groups is 2. The molecular weight excluding hydrogens is 294 g/mol. The Morgan fingerprint density at radius 3 is 2.43 bits per heavy atom. The van der Waals surface area contributed by atoms with Gasteiger partial charge in [-0.3, -0.25) is 4.79 Å². The maximum atomic E-state index is 12.4. The first-order valence-corrected chi connectivity index (χ1v) is 6.38. The van der Waals surface area contributed by atoms with Gasteiger partial charge in [0.1, 0.15) is 5.75 Å². The summed E-state index contributed by atoms with van der Waals surface area (Å²) in [6.45, 7) is 0. The molecule has 5 nitrogen and oxygen atoms in total. The summed E-state index contributed by atoms with van der Waals surface area (Å²) in [7, 11) is 1.43. The van der Waals surface area contributed by atoms with Gasteiger partial charge in [0.25, 0.3) is 5.91 Å². The van der Waals surface area contributed by atoms with Crippen molar-refractivity contribution in [2.24, 2.45) is 0 Å². The zero-order valence-corrected chi connectivity index (χ0v) is 11.8. The number of aromatic carboxylic acids is 1. The minimum atomic E-state index is -1.14. The molecule has 0 radical (unpaired) electrons. The second kappa shape index (κ2) is 5.85. The number of carboxylic acids is 1. The lowest BCUT2D eigenvalue weighted by Gasteiger charge is -2.20. The number of nitrogens with zero attached hydrogens (tertiary/aromatic N) is 1. The molecule has 2 aromatic rings. The van der Waals surface area contributed by atoms with E-state index in [9.17, 15) is 14.7 Å². The number of phenolic OH excluding ortho intramolecular Hbond substituents is 1. The number of anilines is 1. The lowest BCUT2D eigenvalue weighted by molar-refractivity contribution is 0.0697. The predicted molar refractivity (Wildman–Crippen MR) is 79.3 cm³/mol. The van der Waals surface area contributed by atoms with Gasteiger partial charge >= 0.3 is 5.97 Å². The SMILES string of the molecule is CN(C(=O)c1cc(Cl)ccc1O)c1ccccc1C(=O)O. The van der Waals surface area contributed by atoms with Crippen molar-refractivity contribution in [2.45, 2.75) is 0 Å². The highest BCUT2D eigenvalue weighted by atomic mass is 35.5. The maximum absolute atomic E-state index is 12.4. The van der Waals surface area contributed by atoms with E-state index in [-0.39, 0.29) is 22.6 Å². The second-order valence-electron chi connectivity index (χ2n) is 4.35. The van der Waals surface area contributed by atoms with Crippen LogP contribution in [0.1, 0.15) is 20.7 Å². The smallest absolute Gasteiger partial charge is 0.337 e. The summed E-state index contributed by atoms with van der Waals surface area (Å²) < 4.78 is 0. The Balaban J connectivity index is 2.45. The fourth-order valence-electron chi connectivity index (χ4n) is 1.92. The van der Waals surface area contributed by atoms with Crippen LogP contribution in [0.2, 0.25) is 5.02 Å².